The van der Waals surface area contributed by atoms with Crippen LogP contribution in [0.25, 0.3) is 0 Å². The van der Waals surface area contributed by atoms with Crippen molar-refractivity contribution in [1.82, 2.24) is 15.7 Å². The molecule has 22 heavy (non-hydrogen) atoms. The molecule has 0 radical (unpaired) electrons. The number of hydrogen-bond donors (Lipinski definition) is 1. The van der Waals surface area contributed by atoms with E-state index in [0.717, 1.165) is 24.4 Å². The molecule has 3 rings (SSSR count). The first-order valence-electron chi connectivity index (χ1n) is 7.54. The largest absolute Gasteiger partial charge is 0.243 e. The fourth-order valence-corrected chi connectivity index (χ4v) is 2.33. The van der Waals surface area contributed by atoms with E-state index in [4.69, 9.17) is 0 Å². The number of rotatable bonds is 5. The minimum Gasteiger partial charge on any atom is -0.243 e. The number of hydrogen-bond acceptors (Lipinski definition) is 4. The number of nitrogens with one attached hydrogen (secondary N) is 1. The lowest BCUT2D eigenvalue weighted by atomic mass is 10.2. The van der Waals surface area contributed by atoms with Gasteiger partial charge in [0.15, 0.2) is 5.84 Å². The first-order chi connectivity index (χ1) is 10.9. The number of hydrazone groups is 1. The van der Waals surface area contributed by atoms with E-state index >= 15 is 0 Å². The van der Waals surface area contributed by atoms with E-state index in [9.17, 15) is 0 Å². The first-order valence-corrected chi connectivity index (χ1v) is 7.54. The zero-order valence-electron chi connectivity index (χ0n) is 12.7. The standard InChI is InChI=1S/C18H20N4/c1-2-3-14-21-18(17-12-8-5-9-13-17)19-20-22(21)15-16-10-6-4-7-11-16/h3-14,20H,2,15H2,1H3. The predicted molar refractivity (Wildman–Crippen MR) is 89.4 cm³/mol. The summed E-state index contributed by atoms with van der Waals surface area (Å²) in [5.74, 6) is 0.904. The second kappa shape index (κ2) is 6.91. The van der Waals surface area contributed by atoms with Crippen LogP contribution in [0.3, 0.4) is 0 Å². The Morgan fingerprint density at radius 2 is 1.68 bits per heavy atom. The molecule has 0 spiro atoms. The topological polar surface area (TPSA) is 30.9 Å². The van der Waals surface area contributed by atoms with Gasteiger partial charge in [-0.15, -0.1) is 10.2 Å². The van der Waals surface area contributed by atoms with Gasteiger partial charge in [0.25, 0.3) is 0 Å². The summed E-state index contributed by atoms with van der Waals surface area (Å²) in [4.78, 5) is 0. The summed E-state index contributed by atoms with van der Waals surface area (Å²) in [6, 6.07) is 20.6. The number of amidine groups is 1. The van der Waals surface area contributed by atoms with Crippen LogP contribution in [-0.4, -0.2) is 16.0 Å². The molecule has 1 heterocycles. The van der Waals surface area contributed by atoms with E-state index in [2.05, 4.69) is 71.2 Å². The number of nitrogens with zero attached hydrogens (tertiary/aromatic N) is 3. The Balaban J connectivity index is 1.82. The van der Waals surface area contributed by atoms with Crippen molar-refractivity contribution in [2.45, 2.75) is 19.9 Å². The minimum atomic E-state index is 0.745. The normalized spacial score (nSPS) is 15.1. The highest BCUT2D eigenvalue weighted by Crippen LogP contribution is 2.16. The van der Waals surface area contributed by atoms with Crippen molar-refractivity contribution >= 4 is 5.84 Å². The summed E-state index contributed by atoms with van der Waals surface area (Å²) < 4.78 is 0. The average molecular weight is 292 g/mol. The predicted octanol–water partition coefficient (Wildman–Crippen LogP) is 3.51. The molecule has 0 unspecified atom stereocenters. The van der Waals surface area contributed by atoms with Crippen LogP contribution in [0.1, 0.15) is 24.5 Å². The molecular weight excluding hydrogens is 272 g/mol. The molecule has 4 nitrogen and oxygen atoms in total. The van der Waals surface area contributed by atoms with Crippen LogP contribution in [0.2, 0.25) is 0 Å². The van der Waals surface area contributed by atoms with Gasteiger partial charge >= 0.3 is 0 Å². The molecule has 112 valence electrons. The monoisotopic (exact) mass is 292 g/mol. The average Bonchev–Trinajstić information content (AvgIpc) is 2.97. The number of allylic oxidation sites excluding steroid dienone is 1. The summed E-state index contributed by atoms with van der Waals surface area (Å²) in [6.45, 7) is 2.87. The molecule has 0 aliphatic carbocycles. The van der Waals surface area contributed by atoms with E-state index in [-0.39, 0.29) is 0 Å². The molecule has 0 bridgehead atoms. The molecule has 2 aromatic carbocycles. The molecular formula is C18H20N4. The highest BCUT2D eigenvalue weighted by Gasteiger charge is 2.24. The second-order valence-corrected chi connectivity index (χ2v) is 5.08. The van der Waals surface area contributed by atoms with Gasteiger partial charge < -0.3 is 0 Å². The van der Waals surface area contributed by atoms with E-state index in [1.54, 1.807) is 0 Å². The summed E-state index contributed by atoms with van der Waals surface area (Å²) in [7, 11) is 0. The van der Waals surface area contributed by atoms with Crippen molar-refractivity contribution in [3.8, 4) is 0 Å². The van der Waals surface area contributed by atoms with E-state index in [1.807, 2.05) is 29.4 Å². The van der Waals surface area contributed by atoms with Crippen LogP contribution in [0.4, 0.5) is 0 Å². The van der Waals surface area contributed by atoms with Crippen molar-refractivity contribution in [2.24, 2.45) is 5.10 Å². The van der Waals surface area contributed by atoms with Crippen LogP contribution in [0, 0.1) is 0 Å². The lowest BCUT2D eigenvalue weighted by Gasteiger charge is -2.26. The highest BCUT2D eigenvalue weighted by molar-refractivity contribution is 5.99. The Labute approximate surface area is 131 Å². The lowest BCUT2D eigenvalue weighted by molar-refractivity contribution is 0.0451. The van der Waals surface area contributed by atoms with Gasteiger partial charge in [-0.1, -0.05) is 73.7 Å². The van der Waals surface area contributed by atoms with Crippen LogP contribution in [0.5, 0.6) is 0 Å². The van der Waals surface area contributed by atoms with Gasteiger partial charge in [-0.05, 0) is 12.0 Å². The Kier molecular flexibility index (Phi) is 4.51. The third-order valence-electron chi connectivity index (χ3n) is 3.44. The molecule has 0 aromatic heterocycles. The fraction of sp³-hybridized carbons (Fsp3) is 0.167. The summed E-state index contributed by atoms with van der Waals surface area (Å²) >= 11 is 0. The van der Waals surface area contributed by atoms with Gasteiger partial charge in [-0.3, -0.25) is 0 Å². The zero-order chi connectivity index (χ0) is 15.2. The zero-order valence-corrected chi connectivity index (χ0v) is 12.7. The maximum absolute atomic E-state index is 4.49. The fourth-order valence-electron chi connectivity index (χ4n) is 2.33. The second-order valence-electron chi connectivity index (χ2n) is 5.08. The van der Waals surface area contributed by atoms with Crippen molar-refractivity contribution in [3.05, 3.63) is 84.1 Å². The molecule has 0 saturated heterocycles. The van der Waals surface area contributed by atoms with Gasteiger partial charge in [0.05, 0.1) is 6.54 Å². The van der Waals surface area contributed by atoms with Crippen molar-refractivity contribution in [2.75, 3.05) is 0 Å². The van der Waals surface area contributed by atoms with Crippen molar-refractivity contribution in [3.63, 3.8) is 0 Å². The third-order valence-corrected chi connectivity index (χ3v) is 3.44. The van der Waals surface area contributed by atoms with Crippen LogP contribution in [-0.2, 0) is 6.54 Å². The van der Waals surface area contributed by atoms with Gasteiger partial charge in [-0.25, -0.2) is 10.5 Å². The summed E-state index contributed by atoms with van der Waals surface area (Å²) in [5, 5.41) is 8.55. The quantitative estimate of drug-likeness (QED) is 0.915. The molecule has 2 aromatic rings. The number of hydrazine groups is 2. The van der Waals surface area contributed by atoms with E-state index < -0.39 is 0 Å². The van der Waals surface area contributed by atoms with Gasteiger partial charge in [0, 0.05) is 11.8 Å². The minimum absolute atomic E-state index is 0.745. The van der Waals surface area contributed by atoms with Crippen LogP contribution >= 0.6 is 0 Å². The molecule has 0 saturated carbocycles. The molecule has 0 fully saturated rings. The summed E-state index contributed by atoms with van der Waals surface area (Å²) in [6.07, 6.45) is 5.18. The van der Waals surface area contributed by atoms with Gasteiger partial charge in [-0.2, -0.15) is 0 Å². The SMILES string of the molecule is CCC=CN1C(c2ccccc2)=NNN1Cc1ccccc1. The highest BCUT2D eigenvalue weighted by atomic mass is 15.9. The third kappa shape index (κ3) is 3.18. The Morgan fingerprint density at radius 3 is 2.36 bits per heavy atom. The maximum atomic E-state index is 4.49. The molecule has 4 heteroatoms. The van der Waals surface area contributed by atoms with Gasteiger partial charge in [0.2, 0.25) is 0 Å². The van der Waals surface area contributed by atoms with E-state index in [1.165, 1.54) is 5.56 Å². The maximum Gasteiger partial charge on any atom is 0.177 e. The Morgan fingerprint density at radius 1 is 1.00 bits per heavy atom. The Hall–Kier alpha value is -2.59. The number of benzene rings is 2. The Bertz CT molecular complexity index is 649. The van der Waals surface area contributed by atoms with E-state index in [0.29, 0.717) is 0 Å². The van der Waals surface area contributed by atoms with Crippen molar-refractivity contribution in [1.29, 1.82) is 0 Å². The molecule has 1 aliphatic rings. The van der Waals surface area contributed by atoms with Crippen molar-refractivity contribution < 1.29 is 0 Å². The van der Waals surface area contributed by atoms with Gasteiger partial charge in [0.1, 0.15) is 0 Å². The molecule has 0 amide bonds. The first kappa shape index (κ1) is 14.4. The molecule has 1 aliphatic heterocycles. The molecule has 0 atom stereocenters. The smallest absolute Gasteiger partial charge is 0.177 e. The summed E-state index contributed by atoms with van der Waals surface area (Å²) in [5.41, 5.74) is 5.43. The van der Waals surface area contributed by atoms with Crippen LogP contribution < -0.4 is 5.53 Å². The lowest BCUT2D eigenvalue weighted by Crippen LogP contribution is -2.41. The molecule has 1 N–H and O–H groups in total. The van der Waals surface area contributed by atoms with Crippen LogP contribution in [0.15, 0.2) is 78.0 Å².